The smallest absolute Gasteiger partial charge is 0.326 e. The summed E-state index contributed by atoms with van der Waals surface area (Å²) in [5, 5.41) is 12.4. The zero-order valence-electron chi connectivity index (χ0n) is 15.9. The van der Waals surface area contributed by atoms with Gasteiger partial charge >= 0.3 is 5.97 Å². The highest BCUT2D eigenvalue weighted by molar-refractivity contribution is 6.32. The van der Waals surface area contributed by atoms with E-state index < -0.39 is 17.9 Å². The Morgan fingerprint density at radius 2 is 1.78 bits per heavy atom. The van der Waals surface area contributed by atoms with Crippen LogP contribution in [0.5, 0.6) is 5.75 Å². The SMILES string of the molecule is COc1ccc(C[C@H](NC(=O)c2ccc(C(C)(C)C)cc2)C(=O)O)cc1Cl. The lowest BCUT2D eigenvalue weighted by molar-refractivity contribution is -0.139. The van der Waals surface area contributed by atoms with Gasteiger partial charge in [-0.05, 0) is 40.8 Å². The van der Waals surface area contributed by atoms with Gasteiger partial charge in [0.15, 0.2) is 0 Å². The van der Waals surface area contributed by atoms with Crippen molar-refractivity contribution in [3.8, 4) is 5.75 Å². The lowest BCUT2D eigenvalue weighted by atomic mass is 9.86. The number of carboxylic acids is 1. The third-order valence-electron chi connectivity index (χ3n) is 4.27. The van der Waals surface area contributed by atoms with Gasteiger partial charge in [-0.1, -0.05) is 50.6 Å². The Bertz CT molecular complexity index is 825. The van der Waals surface area contributed by atoms with Crippen molar-refractivity contribution in [2.24, 2.45) is 0 Å². The molecule has 2 rings (SSSR count). The molecular formula is C21H24ClNO4. The molecule has 0 aliphatic rings. The number of hydrogen-bond donors (Lipinski definition) is 2. The summed E-state index contributed by atoms with van der Waals surface area (Å²) in [7, 11) is 1.51. The van der Waals surface area contributed by atoms with Crippen molar-refractivity contribution in [1.82, 2.24) is 5.32 Å². The van der Waals surface area contributed by atoms with Crippen LogP contribution in [0.15, 0.2) is 42.5 Å². The van der Waals surface area contributed by atoms with E-state index in [4.69, 9.17) is 16.3 Å². The molecule has 0 fully saturated rings. The Balaban J connectivity index is 2.12. The zero-order chi connectivity index (χ0) is 20.2. The van der Waals surface area contributed by atoms with E-state index in [-0.39, 0.29) is 11.8 Å². The second-order valence-corrected chi connectivity index (χ2v) is 7.77. The van der Waals surface area contributed by atoms with Crippen molar-refractivity contribution >= 4 is 23.5 Å². The summed E-state index contributed by atoms with van der Waals surface area (Å²) in [6.07, 6.45) is 0.116. The van der Waals surface area contributed by atoms with Crippen LogP contribution >= 0.6 is 11.6 Å². The standard InChI is InChI=1S/C21H24ClNO4/c1-21(2,3)15-8-6-14(7-9-15)19(24)23-17(20(25)26)12-13-5-10-18(27-4)16(22)11-13/h5-11,17H,12H2,1-4H3,(H,23,24)(H,25,26)/t17-/m0/s1. The summed E-state index contributed by atoms with van der Waals surface area (Å²) in [6.45, 7) is 6.26. The number of carboxylic acid groups (broad SMARTS) is 1. The van der Waals surface area contributed by atoms with Crippen molar-refractivity contribution in [2.45, 2.75) is 38.6 Å². The van der Waals surface area contributed by atoms with Crippen LogP contribution in [0.2, 0.25) is 5.02 Å². The number of ether oxygens (including phenoxy) is 1. The van der Waals surface area contributed by atoms with Crippen molar-refractivity contribution < 1.29 is 19.4 Å². The van der Waals surface area contributed by atoms with E-state index in [0.717, 1.165) is 5.56 Å². The zero-order valence-corrected chi connectivity index (χ0v) is 16.6. The molecule has 6 heteroatoms. The maximum atomic E-state index is 12.5. The number of carbonyl (C=O) groups excluding carboxylic acids is 1. The third kappa shape index (κ3) is 5.47. The molecule has 2 aromatic carbocycles. The largest absolute Gasteiger partial charge is 0.495 e. The van der Waals surface area contributed by atoms with E-state index in [1.54, 1.807) is 30.3 Å². The van der Waals surface area contributed by atoms with Gasteiger partial charge in [0.25, 0.3) is 5.91 Å². The van der Waals surface area contributed by atoms with Gasteiger partial charge in [-0.25, -0.2) is 4.79 Å². The maximum Gasteiger partial charge on any atom is 0.326 e. The van der Waals surface area contributed by atoms with Crippen LogP contribution in [0.4, 0.5) is 0 Å². The van der Waals surface area contributed by atoms with Crippen LogP contribution in [-0.4, -0.2) is 30.1 Å². The number of hydrogen-bond acceptors (Lipinski definition) is 3. The first-order valence-electron chi connectivity index (χ1n) is 8.58. The number of rotatable bonds is 6. The molecule has 27 heavy (non-hydrogen) atoms. The lowest BCUT2D eigenvalue weighted by Crippen LogP contribution is -2.42. The number of benzene rings is 2. The van der Waals surface area contributed by atoms with Gasteiger partial charge in [-0.15, -0.1) is 0 Å². The summed E-state index contributed by atoms with van der Waals surface area (Å²) in [6, 6.07) is 11.2. The average molecular weight is 390 g/mol. The molecular weight excluding hydrogens is 366 g/mol. The van der Waals surface area contributed by atoms with Crippen LogP contribution in [0, 0.1) is 0 Å². The summed E-state index contributed by atoms with van der Waals surface area (Å²) >= 11 is 6.09. The van der Waals surface area contributed by atoms with Crippen molar-refractivity contribution in [3.05, 3.63) is 64.2 Å². The molecule has 0 spiro atoms. The van der Waals surface area contributed by atoms with E-state index >= 15 is 0 Å². The monoisotopic (exact) mass is 389 g/mol. The van der Waals surface area contributed by atoms with Crippen molar-refractivity contribution in [3.63, 3.8) is 0 Å². The fourth-order valence-electron chi connectivity index (χ4n) is 2.64. The van der Waals surface area contributed by atoms with Crippen LogP contribution in [0.25, 0.3) is 0 Å². The van der Waals surface area contributed by atoms with E-state index in [1.165, 1.54) is 7.11 Å². The van der Waals surface area contributed by atoms with E-state index in [2.05, 4.69) is 26.1 Å². The molecule has 2 N–H and O–H groups in total. The first-order valence-corrected chi connectivity index (χ1v) is 8.96. The molecule has 1 atom stereocenters. The Morgan fingerprint density at radius 3 is 2.26 bits per heavy atom. The number of aliphatic carboxylic acids is 1. The van der Waals surface area contributed by atoms with E-state index in [9.17, 15) is 14.7 Å². The van der Waals surface area contributed by atoms with Gasteiger partial charge in [0.2, 0.25) is 0 Å². The highest BCUT2D eigenvalue weighted by Crippen LogP contribution is 2.25. The normalized spacial score (nSPS) is 12.3. The number of amides is 1. The molecule has 0 aliphatic carbocycles. The third-order valence-corrected chi connectivity index (χ3v) is 4.57. The van der Waals surface area contributed by atoms with Gasteiger partial charge in [-0.2, -0.15) is 0 Å². The first kappa shape index (κ1) is 20.8. The minimum Gasteiger partial charge on any atom is -0.495 e. The summed E-state index contributed by atoms with van der Waals surface area (Å²) < 4.78 is 5.09. The van der Waals surface area contributed by atoms with Gasteiger partial charge in [0.05, 0.1) is 12.1 Å². The van der Waals surface area contributed by atoms with Crippen molar-refractivity contribution in [1.29, 1.82) is 0 Å². The molecule has 0 radical (unpaired) electrons. The molecule has 2 aromatic rings. The maximum absolute atomic E-state index is 12.5. The Labute approximate surface area is 164 Å². The highest BCUT2D eigenvalue weighted by atomic mass is 35.5. The van der Waals surface area contributed by atoms with Crippen LogP contribution < -0.4 is 10.1 Å². The predicted molar refractivity (Wildman–Crippen MR) is 106 cm³/mol. The van der Waals surface area contributed by atoms with Gasteiger partial charge < -0.3 is 15.2 Å². The lowest BCUT2D eigenvalue weighted by Gasteiger charge is -2.19. The molecule has 0 bridgehead atoms. The predicted octanol–water partition coefficient (Wildman–Crippen LogP) is 4.07. The molecule has 0 heterocycles. The Morgan fingerprint density at radius 1 is 1.15 bits per heavy atom. The highest BCUT2D eigenvalue weighted by Gasteiger charge is 2.22. The second-order valence-electron chi connectivity index (χ2n) is 7.36. The minimum atomic E-state index is -1.11. The second kappa shape index (κ2) is 8.44. The van der Waals surface area contributed by atoms with Crippen molar-refractivity contribution in [2.75, 3.05) is 7.11 Å². The molecule has 1 amide bonds. The van der Waals surface area contributed by atoms with Gasteiger partial charge in [0.1, 0.15) is 11.8 Å². The van der Waals surface area contributed by atoms with Gasteiger partial charge in [0, 0.05) is 12.0 Å². The van der Waals surface area contributed by atoms with Gasteiger partial charge in [-0.3, -0.25) is 4.79 Å². The van der Waals surface area contributed by atoms with Crippen LogP contribution in [-0.2, 0) is 16.6 Å². The number of methoxy groups -OCH3 is 1. The van der Waals surface area contributed by atoms with E-state index in [1.807, 2.05) is 12.1 Å². The molecule has 0 aromatic heterocycles. The Hall–Kier alpha value is -2.53. The summed E-state index contributed by atoms with van der Waals surface area (Å²) in [5.74, 6) is -1.03. The summed E-state index contributed by atoms with van der Waals surface area (Å²) in [4.78, 5) is 24.0. The fourth-order valence-corrected chi connectivity index (χ4v) is 2.92. The molecule has 0 saturated heterocycles. The first-order chi connectivity index (χ1) is 12.6. The number of halogens is 1. The number of nitrogens with one attached hydrogen (secondary N) is 1. The number of carbonyl (C=O) groups is 2. The molecule has 0 saturated carbocycles. The molecule has 0 unspecified atom stereocenters. The van der Waals surface area contributed by atoms with E-state index in [0.29, 0.717) is 21.9 Å². The minimum absolute atomic E-state index is 0.0216. The van der Waals surface area contributed by atoms with Crippen LogP contribution in [0.1, 0.15) is 42.3 Å². The quantitative estimate of drug-likeness (QED) is 0.780. The average Bonchev–Trinajstić information content (AvgIpc) is 2.60. The molecule has 0 aliphatic heterocycles. The summed E-state index contributed by atoms with van der Waals surface area (Å²) in [5.41, 5.74) is 2.19. The molecule has 144 valence electrons. The fraction of sp³-hybridized carbons (Fsp3) is 0.333. The molecule has 5 nitrogen and oxygen atoms in total. The van der Waals surface area contributed by atoms with Crippen LogP contribution in [0.3, 0.4) is 0 Å². The Kier molecular flexibility index (Phi) is 6.50. The topological polar surface area (TPSA) is 75.6 Å².